The van der Waals surface area contributed by atoms with Crippen molar-refractivity contribution in [1.29, 1.82) is 0 Å². The summed E-state index contributed by atoms with van der Waals surface area (Å²) in [6, 6.07) is 12.6. The van der Waals surface area contributed by atoms with Gasteiger partial charge in [-0.2, -0.15) is 0 Å². The normalized spacial score (nSPS) is 15.0. The number of hydrogen-bond acceptors (Lipinski definition) is 3. The van der Waals surface area contributed by atoms with E-state index in [4.69, 9.17) is 27.9 Å². The first kappa shape index (κ1) is 18.8. The number of quaternary nitrogens is 1. The predicted octanol–water partition coefficient (Wildman–Crippen LogP) is 2.35. The number of carbonyl (C=O) groups is 1. The zero-order valence-electron chi connectivity index (χ0n) is 14.6. The van der Waals surface area contributed by atoms with Crippen LogP contribution in [0.1, 0.15) is 0 Å². The molecule has 0 bridgehead atoms. The third kappa shape index (κ3) is 4.81. The number of rotatable bonds is 5. The number of nitrogens with one attached hydrogen (secondary N) is 2. The van der Waals surface area contributed by atoms with Gasteiger partial charge >= 0.3 is 0 Å². The lowest BCUT2D eigenvalue weighted by atomic mass is 10.2. The summed E-state index contributed by atoms with van der Waals surface area (Å²) in [6.07, 6.45) is 0. The molecule has 1 saturated heterocycles. The Morgan fingerprint density at radius 2 is 1.92 bits per heavy atom. The second-order valence-corrected chi connectivity index (χ2v) is 7.22. The van der Waals surface area contributed by atoms with Gasteiger partial charge in [-0.15, -0.1) is 0 Å². The lowest BCUT2D eigenvalue weighted by Crippen LogP contribution is -3.12. The Labute approximate surface area is 163 Å². The number of hydrogen-bond donors (Lipinski definition) is 2. The highest BCUT2D eigenvalue weighted by Crippen LogP contribution is 2.29. The van der Waals surface area contributed by atoms with Crippen molar-refractivity contribution >= 4 is 40.5 Å². The maximum Gasteiger partial charge on any atom is 0.262 e. The highest BCUT2D eigenvalue weighted by atomic mass is 35.5. The highest BCUT2D eigenvalue weighted by Gasteiger charge is 2.20. The standard InChI is InChI=1S/C19H21Cl2N3O2/c1-23-8-10-24(11-9-23)17-7-6-14(20)12-16(17)22-19(25)13-26-18-5-3-2-4-15(18)21/h2-7,12H,8-11,13H2,1H3,(H,22,25)/p+1. The number of benzene rings is 2. The number of likely N-dealkylation sites (N-methyl/N-ethyl adjacent to an activating group) is 1. The van der Waals surface area contributed by atoms with E-state index in [0.29, 0.717) is 21.5 Å². The van der Waals surface area contributed by atoms with Crippen molar-refractivity contribution in [2.75, 3.05) is 50.1 Å². The van der Waals surface area contributed by atoms with Gasteiger partial charge in [0.05, 0.1) is 49.6 Å². The average molecular weight is 395 g/mol. The van der Waals surface area contributed by atoms with Gasteiger partial charge in [0.2, 0.25) is 0 Å². The molecule has 2 aromatic carbocycles. The van der Waals surface area contributed by atoms with Gasteiger partial charge in [-0.3, -0.25) is 4.79 Å². The van der Waals surface area contributed by atoms with Crippen LogP contribution in [0.25, 0.3) is 0 Å². The Kier molecular flexibility index (Phi) is 6.25. The molecule has 2 aromatic rings. The Morgan fingerprint density at radius 1 is 1.19 bits per heavy atom. The van der Waals surface area contributed by atoms with Gasteiger partial charge in [0, 0.05) is 5.02 Å². The number of anilines is 2. The Hall–Kier alpha value is -1.95. The van der Waals surface area contributed by atoms with E-state index in [1.807, 2.05) is 24.3 Å². The number of amides is 1. The second kappa shape index (κ2) is 8.62. The minimum atomic E-state index is -0.256. The van der Waals surface area contributed by atoms with E-state index >= 15 is 0 Å². The third-order valence-corrected chi connectivity index (χ3v) is 4.93. The van der Waals surface area contributed by atoms with Gasteiger partial charge in [0.25, 0.3) is 5.91 Å². The van der Waals surface area contributed by atoms with Crippen molar-refractivity contribution in [3.8, 4) is 5.75 Å². The van der Waals surface area contributed by atoms with Crippen LogP contribution >= 0.6 is 23.2 Å². The van der Waals surface area contributed by atoms with Crippen LogP contribution in [0.2, 0.25) is 10.0 Å². The van der Waals surface area contributed by atoms with Gasteiger partial charge in [0.1, 0.15) is 5.75 Å². The van der Waals surface area contributed by atoms with Gasteiger partial charge < -0.3 is 19.9 Å². The van der Waals surface area contributed by atoms with E-state index in [-0.39, 0.29) is 12.5 Å². The first-order valence-corrected chi connectivity index (χ1v) is 9.31. The molecule has 26 heavy (non-hydrogen) atoms. The molecule has 1 fully saturated rings. The van der Waals surface area contributed by atoms with Gasteiger partial charge in [-0.1, -0.05) is 35.3 Å². The van der Waals surface area contributed by atoms with Crippen LogP contribution in [0, 0.1) is 0 Å². The van der Waals surface area contributed by atoms with Crippen LogP contribution in [0.3, 0.4) is 0 Å². The molecule has 138 valence electrons. The summed E-state index contributed by atoms with van der Waals surface area (Å²) < 4.78 is 5.51. The summed E-state index contributed by atoms with van der Waals surface area (Å²) >= 11 is 12.2. The summed E-state index contributed by atoms with van der Waals surface area (Å²) in [4.78, 5) is 16.1. The first-order valence-electron chi connectivity index (χ1n) is 8.56. The fourth-order valence-electron chi connectivity index (χ4n) is 2.90. The minimum Gasteiger partial charge on any atom is -0.482 e. The number of carbonyl (C=O) groups excluding carboxylic acids is 1. The van der Waals surface area contributed by atoms with Crippen LogP contribution in [-0.2, 0) is 4.79 Å². The number of ether oxygens (including phenoxy) is 1. The number of para-hydroxylation sites is 1. The lowest BCUT2D eigenvalue weighted by Gasteiger charge is -2.33. The molecule has 0 atom stereocenters. The molecule has 1 aliphatic heterocycles. The Bertz CT molecular complexity index is 777. The first-order chi connectivity index (χ1) is 12.5. The number of halogens is 2. The minimum absolute atomic E-state index is 0.122. The third-order valence-electron chi connectivity index (χ3n) is 4.39. The summed E-state index contributed by atoms with van der Waals surface area (Å²) in [6.45, 7) is 3.87. The van der Waals surface area contributed by atoms with Crippen molar-refractivity contribution < 1.29 is 14.4 Å². The Morgan fingerprint density at radius 3 is 2.65 bits per heavy atom. The summed E-state index contributed by atoms with van der Waals surface area (Å²) in [5.41, 5.74) is 1.68. The summed E-state index contributed by atoms with van der Waals surface area (Å²) in [5.74, 6) is 0.228. The smallest absolute Gasteiger partial charge is 0.262 e. The van der Waals surface area contributed by atoms with Crippen LogP contribution in [0.4, 0.5) is 11.4 Å². The number of piperazine rings is 1. The van der Waals surface area contributed by atoms with E-state index in [1.54, 1.807) is 18.2 Å². The average Bonchev–Trinajstić information content (AvgIpc) is 2.62. The molecule has 0 unspecified atom stereocenters. The molecule has 0 saturated carbocycles. The van der Waals surface area contributed by atoms with Crippen LogP contribution in [0.5, 0.6) is 5.75 Å². The van der Waals surface area contributed by atoms with Crippen LogP contribution < -0.4 is 19.9 Å². The zero-order chi connectivity index (χ0) is 18.5. The van der Waals surface area contributed by atoms with E-state index in [0.717, 1.165) is 31.9 Å². The monoisotopic (exact) mass is 394 g/mol. The molecule has 1 heterocycles. The second-order valence-electron chi connectivity index (χ2n) is 6.37. The quantitative estimate of drug-likeness (QED) is 0.817. The molecule has 0 aliphatic carbocycles. The maximum absolute atomic E-state index is 12.4. The largest absolute Gasteiger partial charge is 0.482 e. The molecule has 1 aliphatic rings. The highest BCUT2D eigenvalue weighted by molar-refractivity contribution is 6.32. The van der Waals surface area contributed by atoms with E-state index < -0.39 is 0 Å². The molecule has 0 spiro atoms. The predicted molar refractivity (Wildman–Crippen MR) is 106 cm³/mol. The Balaban J connectivity index is 1.67. The van der Waals surface area contributed by atoms with Crippen molar-refractivity contribution in [1.82, 2.24) is 0 Å². The molecule has 2 N–H and O–H groups in total. The fraction of sp³-hybridized carbons (Fsp3) is 0.316. The van der Waals surface area contributed by atoms with Gasteiger partial charge in [-0.05, 0) is 30.3 Å². The number of nitrogens with zero attached hydrogens (tertiary/aromatic N) is 1. The van der Waals surface area contributed by atoms with Gasteiger partial charge in [0.15, 0.2) is 6.61 Å². The fourth-order valence-corrected chi connectivity index (χ4v) is 3.27. The topological polar surface area (TPSA) is 46.0 Å². The van der Waals surface area contributed by atoms with E-state index in [2.05, 4.69) is 17.3 Å². The van der Waals surface area contributed by atoms with Crippen molar-refractivity contribution in [3.63, 3.8) is 0 Å². The molecule has 1 amide bonds. The van der Waals surface area contributed by atoms with Gasteiger partial charge in [-0.25, -0.2) is 0 Å². The van der Waals surface area contributed by atoms with Crippen molar-refractivity contribution in [2.24, 2.45) is 0 Å². The molecular formula is C19H22Cl2N3O2+. The van der Waals surface area contributed by atoms with E-state index in [9.17, 15) is 4.79 Å². The molecule has 5 nitrogen and oxygen atoms in total. The SMILES string of the molecule is C[NH+]1CCN(c2ccc(Cl)cc2NC(=O)COc2ccccc2Cl)CC1. The van der Waals surface area contributed by atoms with Crippen LogP contribution in [0.15, 0.2) is 42.5 Å². The summed E-state index contributed by atoms with van der Waals surface area (Å²) in [5, 5.41) is 3.96. The maximum atomic E-state index is 12.4. The van der Waals surface area contributed by atoms with E-state index in [1.165, 1.54) is 4.90 Å². The summed E-state index contributed by atoms with van der Waals surface area (Å²) in [7, 11) is 2.19. The molecule has 7 heteroatoms. The molecule has 3 rings (SSSR count). The molecule has 0 radical (unpaired) electrons. The molecule has 0 aromatic heterocycles. The zero-order valence-corrected chi connectivity index (χ0v) is 16.1. The van der Waals surface area contributed by atoms with Crippen LogP contribution in [-0.4, -0.2) is 45.7 Å². The van der Waals surface area contributed by atoms with Crippen molar-refractivity contribution in [2.45, 2.75) is 0 Å². The lowest BCUT2D eigenvalue weighted by molar-refractivity contribution is -0.880. The van der Waals surface area contributed by atoms with Crippen molar-refractivity contribution in [3.05, 3.63) is 52.5 Å². The molecular weight excluding hydrogens is 373 g/mol.